The summed E-state index contributed by atoms with van der Waals surface area (Å²) in [5.41, 5.74) is 3.11. The Labute approximate surface area is 120 Å². The Hall–Kier alpha value is -2.01. The number of phenols is 1. The second-order valence-electron chi connectivity index (χ2n) is 4.92. The van der Waals surface area contributed by atoms with Crippen LogP contribution < -0.4 is 0 Å². The van der Waals surface area contributed by atoms with Crippen molar-refractivity contribution >= 4 is 17.6 Å². The van der Waals surface area contributed by atoms with E-state index in [1.165, 1.54) is 10.7 Å². The van der Waals surface area contributed by atoms with Gasteiger partial charge in [-0.3, -0.25) is 4.68 Å². The van der Waals surface area contributed by atoms with Crippen molar-refractivity contribution in [1.29, 1.82) is 0 Å². The molecule has 1 aliphatic rings. The molecule has 2 aromatic rings. The number of aromatic nitrogens is 2. The number of carboxylic acid groups (broad SMARTS) is 1. The molecule has 0 atom stereocenters. The van der Waals surface area contributed by atoms with Crippen LogP contribution >= 0.6 is 11.6 Å². The second-order valence-corrected chi connectivity index (χ2v) is 5.30. The highest BCUT2D eigenvalue weighted by Crippen LogP contribution is 2.42. The topological polar surface area (TPSA) is 75.4 Å². The van der Waals surface area contributed by atoms with Gasteiger partial charge in [-0.15, -0.1) is 0 Å². The first kappa shape index (κ1) is 13.0. The number of halogens is 1. The molecule has 0 amide bonds. The summed E-state index contributed by atoms with van der Waals surface area (Å²) in [4.78, 5) is 11.0. The Morgan fingerprint density at radius 3 is 2.80 bits per heavy atom. The molecule has 5 nitrogen and oxygen atoms in total. The first-order valence-electron chi connectivity index (χ1n) is 6.30. The molecular weight excluding hydrogens is 280 g/mol. The molecule has 104 valence electrons. The van der Waals surface area contributed by atoms with Crippen LogP contribution in [0.2, 0.25) is 5.02 Å². The van der Waals surface area contributed by atoms with Crippen LogP contribution in [0.25, 0.3) is 11.3 Å². The summed E-state index contributed by atoms with van der Waals surface area (Å²) in [6.07, 6.45) is 2.81. The summed E-state index contributed by atoms with van der Waals surface area (Å²) in [6, 6.07) is 3.32. The first-order valence-corrected chi connectivity index (χ1v) is 6.67. The quantitative estimate of drug-likeness (QED) is 0.892. The summed E-state index contributed by atoms with van der Waals surface area (Å²) >= 11 is 6.22. The van der Waals surface area contributed by atoms with E-state index in [2.05, 4.69) is 5.10 Å². The number of rotatable bonds is 2. The largest absolute Gasteiger partial charge is 0.506 e. The smallest absolute Gasteiger partial charge is 0.356 e. The van der Waals surface area contributed by atoms with E-state index in [9.17, 15) is 9.90 Å². The number of carboxylic acids is 1. The van der Waals surface area contributed by atoms with Gasteiger partial charge < -0.3 is 10.2 Å². The van der Waals surface area contributed by atoms with Crippen LogP contribution in [0.15, 0.2) is 12.1 Å². The molecule has 3 rings (SSSR count). The van der Waals surface area contributed by atoms with Crippen LogP contribution in [0, 0.1) is 0 Å². The van der Waals surface area contributed by atoms with E-state index in [-0.39, 0.29) is 11.4 Å². The van der Waals surface area contributed by atoms with Crippen molar-refractivity contribution in [2.24, 2.45) is 7.05 Å². The van der Waals surface area contributed by atoms with Crippen LogP contribution in [0.3, 0.4) is 0 Å². The monoisotopic (exact) mass is 292 g/mol. The lowest BCUT2D eigenvalue weighted by molar-refractivity contribution is 0.0689. The second kappa shape index (κ2) is 4.52. The van der Waals surface area contributed by atoms with E-state index < -0.39 is 5.97 Å². The van der Waals surface area contributed by atoms with E-state index in [1.54, 1.807) is 7.05 Å². The van der Waals surface area contributed by atoms with Crippen LogP contribution in [-0.4, -0.2) is 26.0 Å². The molecule has 20 heavy (non-hydrogen) atoms. The number of aromatic hydroxyl groups is 1. The highest BCUT2D eigenvalue weighted by molar-refractivity contribution is 6.33. The average molecular weight is 293 g/mol. The van der Waals surface area contributed by atoms with Gasteiger partial charge in [0, 0.05) is 12.6 Å². The number of fused-ring (bicyclic) bond motifs is 1. The highest BCUT2D eigenvalue weighted by atomic mass is 35.5. The lowest BCUT2D eigenvalue weighted by Gasteiger charge is -2.11. The maximum atomic E-state index is 11.0. The molecule has 2 N–H and O–H groups in total. The first-order chi connectivity index (χ1) is 9.49. The van der Waals surface area contributed by atoms with Crippen LogP contribution in [0.5, 0.6) is 5.75 Å². The molecule has 1 aromatic heterocycles. The Morgan fingerprint density at radius 2 is 2.15 bits per heavy atom. The molecule has 0 spiro atoms. The standard InChI is InChI=1S/C14H13ClN2O3/c1-17-11(6-10(16-17)14(19)20)9-5-7-3-2-4-8(7)12(15)13(9)18/h5-6,18H,2-4H2,1H3,(H,19,20). The van der Waals surface area contributed by atoms with Crippen LogP contribution in [0.1, 0.15) is 28.0 Å². The molecule has 1 aliphatic carbocycles. The molecular formula is C14H13ClN2O3. The fourth-order valence-electron chi connectivity index (χ4n) is 2.70. The minimum Gasteiger partial charge on any atom is -0.506 e. The molecule has 6 heteroatoms. The number of benzene rings is 1. The van der Waals surface area contributed by atoms with Crippen LogP contribution in [-0.2, 0) is 19.9 Å². The average Bonchev–Trinajstić information content (AvgIpc) is 3.00. The van der Waals surface area contributed by atoms with E-state index in [4.69, 9.17) is 16.7 Å². The maximum absolute atomic E-state index is 11.0. The predicted octanol–water partition coefficient (Wildman–Crippen LogP) is 2.63. The molecule has 0 bridgehead atoms. The number of aromatic carboxylic acids is 1. The van der Waals surface area contributed by atoms with E-state index in [0.717, 1.165) is 30.4 Å². The van der Waals surface area contributed by atoms with Crippen LogP contribution in [0.4, 0.5) is 0 Å². The number of hydrogen-bond donors (Lipinski definition) is 2. The minimum atomic E-state index is -1.10. The predicted molar refractivity (Wildman–Crippen MR) is 74.3 cm³/mol. The molecule has 1 aromatic carbocycles. The van der Waals surface area contributed by atoms with Gasteiger partial charge in [0.05, 0.1) is 10.7 Å². The van der Waals surface area contributed by atoms with Crippen molar-refractivity contribution in [1.82, 2.24) is 9.78 Å². The number of hydrogen-bond acceptors (Lipinski definition) is 3. The zero-order chi connectivity index (χ0) is 14.4. The Morgan fingerprint density at radius 1 is 1.40 bits per heavy atom. The third kappa shape index (κ3) is 1.86. The molecule has 0 fully saturated rings. The molecule has 1 heterocycles. The van der Waals surface area contributed by atoms with Crippen molar-refractivity contribution in [3.8, 4) is 17.0 Å². The Balaban J connectivity index is 2.20. The maximum Gasteiger partial charge on any atom is 0.356 e. The van der Waals surface area contributed by atoms with Gasteiger partial charge in [-0.25, -0.2) is 4.79 Å². The fraction of sp³-hybridized carbons (Fsp3) is 0.286. The van der Waals surface area contributed by atoms with Gasteiger partial charge in [0.15, 0.2) is 5.69 Å². The van der Waals surface area contributed by atoms with Gasteiger partial charge in [-0.2, -0.15) is 5.10 Å². The number of carbonyl (C=O) groups is 1. The number of phenolic OH excluding ortho intramolecular Hbond substituents is 1. The molecule has 0 aliphatic heterocycles. The number of nitrogens with zero attached hydrogens (tertiary/aromatic N) is 2. The van der Waals surface area contributed by atoms with E-state index in [0.29, 0.717) is 16.3 Å². The number of aryl methyl sites for hydroxylation is 2. The van der Waals surface area contributed by atoms with E-state index >= 15 is 0 Å². The van der Waals surface area contributed by atoms with Gasteiger partial charge in [0.2, 0.25) is 0 Å². The van der Waals surface area contributed by atoms with Crippen molar-refractivity contribution < 1.29 is 15.0 Å². The summed E-state index contributed by atoms with van der Waals surface area (Å²) in [7, 11) is 1.64. The van der Waals surface area contributed by atoms with Gasteiger partial charge >= 0.3 is 5.97 Å². The molecule has 0 unspecified atom stereocenters. The minimum absolute atomic E-state index is 0.00717. The van der Waals surface area contributed by atoms with Gasteiger partial charge in [0.25, 0.3) is 0 Å². The van der Waals surface area contributed by atoms with Crippen molar-refractivity contribution in [2.45, 2.75) is 19.3 Å². The zero-order valence-electron chi connectivity index (χ0n) is 10.9. The van der Waals surface area contributed by atoms with E-state index in [1.807, 2.05) is 6.07 Å². The highest BCUT2D eigenvalue weighted by Gasteiger charge is 2.23. The summed E-state index contributed by atoms with van der Waals surface area (Å²) in [5.74, 6) is -1.11. The van der Waals surface area contributed by atoms with Gasteiger partial charge in [-0.05, 0) is 42.5 Å². The third-order valence-corrected chi connectivity index (χ3v) is 4.09. The Bertz CT molecular complexity index is 722. The SMILES string of the molecule is Cn1nc(C(=O)O)cc1-c1cc2c(c(Cl)c1O)CCC2. The Kier molecular flexibility index (Phi) is 2.94. The zero-order valence-corrected chi connectivity index (χ0v) is 11.6. The summed E-state index contributed by atoms with van der Waals surface area (Å²) < 4.78 is 1.44. The normalized spacial score (nSPS) is 13.5. The summed E-state index contributed by atoms with van der Waals surface area (Å²) in [5, 5.41) is 23.5. The third-order valence-electron chi connectivity index (χ3n) is 3.68. The van der Waals surface area contributed by atoms with Crippen molar-refractivity contribution in [3.05, 3.63) is 34.0 Å². The molecule has 0 saturated carbocycles. The molecule has 0 radical (unpaired) electrons. The lowest BCUT2D eigenvalue weighted by Crippen LogP contribution is -1.99. The van der Waals surface area contributed by atoms with Crippen molar-refractivity contribution in [2.75, 3.05) is 0 Å². The lowest BCUT2D eigenvalue weighted by atomic mass is 10.0. The van der Waals surface area contributed by atoms with Crippen molar-refractivity contribution in [3.63, 3.8) is 0 Å². The van der Waals surface area contributed by atoms with Gasteiger partial charge in [0.1, 0.15) is 5.75 Å². The molecule has 0 saturated heterocycles. The summed E-state index contributed by atoms with van der Waals surface area (Å²) in [6.45, 7) is 0. The fourth-order valence-corrected chi connectivity index (χ4v) is 3.02. The van der Waals surface area contributed by atoms with Gasteiger partial charge in [-0.1, -0.05) is 11.6 Å².